The van der Waals surface area contributed by atoms with Gasteiger partial charge in [0, 0.05) is 24.3 Å². The number of likely N-dealkylation sites (tertiary alicyclic amines) is 1. The average molecular weight is 219 g/mol. The maximum atomic E-state index is 4.46. The molecule has 1 aromatic rings. The maximum Gasteiger partial charge on any atom is 0.130 e. The fourth-order valence-corrected chi connectivity index (χ4v) is 2.38. The molecule has 0 aromatic carbocycles. The summed E-state index contributed by atoms with van der Waals surface area (Å²) in [6, 6.07) is 4.80. The summed E-state index contributed by atoms with van der Waals surface area (Å²) < 4.78 is 0. The monoisotopic (exact) mass is 219 g/mol. The van der Waals surface area contributed by atoms with E-state index in [-0.39, 0.29) is 0 Å². The number of nitrogens with one attached hydrogen (secondary N) is 1. The lowest BCUT2D eigenvalue weighted by molar-refractivity contribution is 0.317. The van der Waals surface area contributed by atoms with Crippen molar-refractivity contribution in [1.82, 2.24) is 9.88 Å². The predicted molar refractivity (Wildman–Crippen MR) is 67.6 cm³/mol. The fourth-order valence-electron chi connectivity index (χ4n) is 2.38. The quantitative estimate of drug-likeness (QED) is 0.844. The third kappa shape index (κ3) is 2.35. The van der Waals surface area contributed by atoms with E-state index in [0.717, 1.165) is 18.8 Å². The van der Waals surface area contributed by atoms with Crippen LogP contribution in [0.5, 0.6) is 0 Å². The van der Waals surface area contributed by atoms with Crippen LogP contribution in [-0.2, 0) is 0 Å². The van der Waals surface area contributed by atoms with Gasteiger partial charge in [-0.2, -0.15) is 0 Å². The third-order valence-electron chi connectivity index (χ3n) is 3.26. The van der Waals surface area contributed by atoms with Crippen LogP contribution in [0, 0.1) is 0 Å². The van der Waals surface area contributed by atoms with Crippen LogP contribution >= 0.6 is 0 Å². The zero-order valence-corrected chi connectivity index (χ0v) is 10.2. The molecule has 1 aromatic heterocycles. The molecule has 3 nitrogen and oxygen atoms in total. The second-order valence-electron chi connectivity index (χ2n) is 4.51. The number of anilines is 1. The highest BCUT2D eigenvalue weighted by Crippen LogP contribution is 2.33. The minimum atomic E-state index is 0.549. The van der Waals surface area contributed by atoms with E-state index in [1.54, 1.807) is 0 Å². The molecule has 1 aliphatic rings. The van der Waals surface area contributed by atoms with Crippen LogP contribution in [0.1, 0.15) is 37.8 Å². The molecule has 0 aliphatic carbocycles. The largest absolute Gasteiger partial charge is 0.370 e. The zero-order chi connectivity index (χ0) is 11.4. The first-order chi connectivity index (χ1) is 7.83. The van der Waals surface area contributed by atoms with Gasteiger partial charge in [-0.15, -0.1) is 0 Å². The molecular weight excluding hydrogens is 198 g/mol. The molecule has 0 unspecified atom stereocenters. The number of hydrogen-bond acceptors (Lipinski definition) is 3. The minimum absolute atomic E-state index is 0.549. The molecule has 0 spiro atoms. The summed E-state index contributed by atoms with van der Waals surface area (Å²) in [5, 5.41) is 3.42. The van der Waals surface area contributed by atoms with Gasteiger partial charge in [0.25, 0.3) is 0 Å². The Morgan fingerprint density at radius 2 is 2.44 bits per heavy atom. The Morgan fingerprint density at radius 3 is 3.12 bits per heavy atom. The smallest absolute Gasteiger partial charge is 0.130 e. The Hall–Kier alpha value is -1.09. The summed E-state index contributed by atoms with van der Waals surface area (Å²) in [7, 11) is 2.20. The van der Waals surface area contributed by atoms with Gasteiger partial charge in [-0.05, 0) is 38.9 Å². The van der Waals surface area contributed by atoms with Gasteiger partial charge >= 0.3 is 0 Å². The van der Waals surface area contributed by atoms with Crippen LogP contribution in [-0.4, -0.2) is 30.0 Å². The van der Waals surface area contributed by atoms with Crippen molar-refractivity contribution in [2.75, 3.05) is 25.5 Å². The highest BCUT2D eigenvalue weighted by Gasteiger charge is 2.24. The second-order valence-corrected chi connectivity index (χ2v) is 4.51. The van der Waals surface area contributed by atoms with Crippen LogP contribution in [0.15, 0.2) is 18.3 Å². The molecule has 0 saturated carbocycles. The lowest BCUT2D eigenvalue weighted by Gasteiger charge is -2.22. The second kappa shape index (κ2) is 5.30. The normalized spacial score (nSPS) is 21.2. The number of rotatable bonds is 4. The average Bonchev–Trinajstić information content (AvgIpc) is 2.73. The van der Waals surface area contributed by atoms with Crippen LogP contribution in [0.25, 0.3) is 0 Å². The van der Waals surface area contributed by atoms with E-state index < -0.39 is 0 Å². The predicted octanol–water partition coefficient (Wildman–Crippen LogP) is 2.67. The summed E-state index contributed by atoms with van der Waals surface area (Å²) >= 11 is 0. The van der Waals surface area contributed by atoms with Gasteiger partial charge < -0.3 is 5.32 Å². The molecule has 1 N–H and O–H groups in total. The van der Waals surface area contributed by atoms with Crippen molar-refractivity contribution in [2.45, 2.75) is 32.2 Å². The van der Waals surface area contributed by atoms with E-state index in [9.17, 15) is 0 Å². The molecule has 1 aliphatic heterocycles. The number of nitrogens with zero attached hydrogens (tertiary/aromatic N) is 2. The van der Waals surface area contributed by atoms with Gasteiger partial charge in [0.05, 0.1) is 0 Å². The van der Waals surface area contributed by atoms with Crippen molar-refractivity contribution in [3.8, 4) is 0 Å². The van der Waals surface area contributed by atoms with Crippen molar-refractivity contribution in [2.24, 2.45) is 0 Å². The topological polar surface area (TPSA) is 28.2 Å². The first-order valence-electron chi connectivity index (χ1n) is 6.22. The fraction of sp³-hybridized carbons (Fsp3) is 0.615. The summed E-state index contributed by atoms with van der Waals surface area (Å²) in [5.74, 6) is 1.07. The van der Waals surface area contributed by atoms with Crippen LogP contribution in [0.2, 0.25) is 0 Å². The minimum Gasteiger partial charge on any atom is -0.370 e. The molecule has 0 radical (unpaired) electrons. The van der Waals surface area contributed by atoms with E-state index in [0.29, 0.717) is 6.04 Å². The maximum absolute atomic E-state index is 4.46. The highest BCUT2D eigenvalue weighted by molar-refractivity contribution is 5.45. The van der Waals surface area contributed by atoms with Gasteiger partial charge in [0.1, 0.15) is 5.82 Å². The standard InChI is InChI=1S/C13H21N3/c1-3-8-14-13-11(6-4-9-15-13)12-7-5-10-16(12)2/h4,6,9,12H,3,5,7-8,10H2,1-2H3,(H,14,15)/t12-/m0/s1. The van der Waals surface area contributed by atoms with E-state index in [1.165, 1.54) is 24.9 Å². The van der Waals surface area contributed by atoms with Gasteiger partial charge in [0.15, 0.2) is 0 Å². The molecule has 2 heterocycles. The summed E-state index contributed by atoms with van der Waals surface area (Å²) in [4.78, 5) is 6.88. The van der Waals surface area contributed by atoms with Gasteiger partial charge in [-0.3, -0.25) is 4.90 Å². The van der Waals surface area contributed by atoms with E-state index in [2.05, 4.69) is 35.2 Å². The molecule has 1 fully saturated rings. The van der Waals surface area contributed by atoms with Crippen molar-refractivity contribution >= 4 is 5.82 Å². The molecule has 1 atom stereocenters. The first-order valence-corrected chi connectivity index (χ1v) is 6.22. The van der Waals surface area contributed by atoms with Gasteiger partial charge in [-0.1, -0.05) is 13.0 Å². The third-order valence-corrected chi connectivity index (χ3v) is 3.26. The van der Waals surface area contributed by atoms with E-state index >= 15 is 0 Å². The number of hydrogen-bond donors (Lipinski definition) is 1. The molecule has 0 bridgehead atoms. The number of pyridine rings is 1. The molecule has 16 heavy (non-hydrogen) atoms. The van der Waals surface area contributed by atoms with E-state index in [4.69, 9.17) is 0 Å². The van der Waals surface area contributed by atoms with Crippen LogP contribution < -0.4 is 5.32 Å². The Bertz CT molecular complexity index is 338. The number of aromatic nitrogens is 1. The van der Waals surface area contributed by atoms with Gasteiger partial charge in [0.2, 0.25) is 0 Å². The first kappa shape index (κ1) is 11.4. The molecular formula is C13H21N3. The Balaban J connectivity index is 2.18. The Morgan fingerprint density at radius 1 is 1.56 bits per heavy atom. The SMILES string of the molecule is CCCNc1ncccc1[C@@H]1CCCN1C. The molecule has 1 saturated heterocycles. The molecule has 3 heteroatoms. The summed E-state index contributed by atoms with van der Waals surface area (Å²) in [6.45, 7) is 4.38. The highest BCUT2D eigenvalue weighted by atomic mass is 15.2. The summed E-state index contributed by atoms with van der Waals surface area (Å²) in [6.07, 6.45) is 5.55. The Kier molecular flexibility index (Phi) is 3.78. The lowest BCUT2D eigenvalue weighted by Crippen LogP contribution is -2.19. The van der Waals surface area contributed by atoms with Crippen molar-refractivity contribution in [3.63, 3.8) is 0 Å². The zero-order valence-electron chi connectivity index (χ0n) is 10.2. The lowest BCUT2D eigenvalue weighted by atomic mass is 10.1. The van der Waals surface area contributed by atoms with Crippen molar-refractivity contribution in [3.05, 3.63) is 23.9 Å². The summed E-state index contributed by atoms with van der Waals surface area (Å²) in [5.41, 5.74) is 1.36. The van der Waals surface area contributed by atoms with Gasteiger partial charge in [-0.25, -0.2) is 4.98 Å². The molecule has 2 rings (SSSR count). The van der Waals surface area contributed by atoms with Crippen LogP contribution in [0.3, 0.4) is 0 Å². The van der Waals surface area contributed by atoms with E-state index in [1.807, 2.05) is 12.3 Å². The van der Waals surface area contributed by atoms with Crippen molar-refractivity contribution < 1.29 is 0 Å². The van der Waals surface area contributed by atoms with Crippen molar-refractivity contribution in [1.29, 1.82) is 0 Å². The molecule has 0 amide bonds. The molecule has 88 valence electrons. The Labute approximate surface area is 97.9 Å². The van der Waals surface area contributed by atoms with Crippen LogP contribution in [0.4, 0.5) is 5.82 Å².